The van der Waals surface area contributed by atoms with Gasteiger partial charge in [0.25, 0.3) is 0 Å². The van der Waals surface area contributed by atoms with E-state index in [1.54, 1.807) is 0 Å². The van der Waals surface area contributed by atoms with E-state index >= 15 is 0 Å². The molecule has 26 heavy (non-hydrogen) atoms. The van der Waals surface area contributed by atoms with Gasteiger partial charge in [0.2, 0.25) is 0 Å². The topological polar surface area (TPSA) is 148 Å². The number of aromatic nitrogens is 2. The lowest BCUT2D eigenvalue weighted by molar-refractivity contribution is 0.0371. The van der Waals surface area contributed by atoms with Gasteiger partial charge in [0.15, 0.2) is 0 Å². The van der Waals surface area contributed by atoms with Gasteiger partial charge in [0.05, 0.1) is 19.4 Å². The number of hydrogen-bond donors (Lipinski definition) is 2. The number of hydrogen-bond acceptors (Lipinski definition) is 8. The minimum Gasteiger partial charge on any atom is -0.379 e. The molecule has 1 unspecified atom stereocenters. The lowest BCUT2D eigenvalue weighted by atomic mass is 10.2. The van der Waals surface area contributed by atoms with Gasteiger partial charge in [0.1, 0.15) is 11.6 Å². The summed E-state index contributed by atoms with van der Waals surface area (Å²) in [6.07, 6.45) is 6.27. The van der Waals surface area contributed by atoms with Crippen LogP contribution in [-0.2, 0) is 25.3 Å². The summed E-state index contributed by atoms with van der Waals surface area (Å²) in [7, 11) is -8.31. The van der Waals surface area contributed by atoms with Crippen molar-refractivity contribution in [1.29, 1.82) is 0 Å². The van der Waals surface area contributed by atoms with Gasteiger partial charge < -0.3 is 4.74 Å². The summed E-state index contributed by atoms with van der Waals surface area (Å²) in [5.74, 6) is 0. The van der Waals surface area contributed by atoms with Crippen LogP contribution in [0.15, 0.2) is 18.7 Å². The number of nitrogens with zero attached hydrogens (tertiary/aromatic N) is 3. The average Bonchev–Trinajstić information content (AvgIpc) is 3.03. The standard InChI is InChI=1S/C13H23N3O4S.H2O4S/c1-2-3-13(4-6-15-8-10-19-11-9-15)21(17,18)20-16-7-5-14-12-16;1-5(2,3)4/h5,7,12-13H,2-4,6,8-11H2,1H3;(H2,1,2,3,4)/p+1. The van der Waals surface area contributed by atoms with E-state index in [9.17, 15) is 8.42 Å². The fraction of sp³-hybridized carbons (Fsp3) is 0.769. The fourth-order valence-electron chi connectivity index (χ4n) is 2.38. The van der Waals surface area contributed by atoms with Crippen LogP contribution in [-0.4, -0.2) is 78.7 Å². The van der Waals surface area contributed by atoms with E-state index in [1.165, 1.54) is 18.7 Å². The van der Waals surface area contributed by atoms with Crippen LogP contribution in [0.5, 0.6) is 0 Å². The van der Waals surface area contributed by atoms with Crippen LogP contribution in [0, 0.1) is 0 Å². The molecule has 1 aromatic rings. The lowest BCUT2D eigenvalue weighted by Crippen LogP contribution is -2.39. The Morgan fingerprint density at radius 1 is 1.23 bits per heavy atom. The van der Waals surface area contributed by atoms with E-state index in [0.717, 1.165) is 44.0 Å². The molecule has 0 aromatic carbocycles. The van der Waals surface area contributed by atoms with E-state index in [-0.39, 0.29) is 1.43 Å². The first-order chi connectivity index (χ1) is 12.1. The normalized spacial score (nSPS) is 17.2. The summed E-state index contributed by atoms with van der Waals surface area (Å²) in [5, 5.41) is -0.493. The third-order valence-corrected chi connectivity index (χ3v) is 5.23. The van der Waals surface area contributed by atoms with Gasteiger partial charge in [-0.1, -0.05) is 13.3 Å². The van der Waals surface area contributed by atoms with Crippen LogP contribution in [0.25, 0.3) is 0 Å². The highest BCUT2D eigenvalue weighted by Gasteiger charge is 2.28. The molecule has 0 radical (unpaired) electrons. The highest BCUT2D eigenvalue weighted by atomic mass is 32.3. The maximum absolute atomic E-state index is 12.3. The number of ether oxygens (including phenoxy) is 1. The molecule has 1 saturated heterocycles. The second-order valence-corrected chi connectivity index (χ2v) is 8.29. The molecule has 152 valence electrons. The number of morpholine rings is 1. The van der Waals surface area contributed by atoms with Crippen molar-refractivity contribution in [3.63, 3.8) is 0 Å². The Morgan fingerprint density at radius 2 is 1.85 bits per heavy atom. The minimum absolute atomic E-state index is 0. The first kappa shape index (κ1) is 22.8. The Labute approximate surface area is 155 Å². The van der Waals surface area contributed by atoms with Gasteiger partial charge in [0, 0.05) is 19.3 Å². The predicted molar refractivity (Wildman–Crippen MR) is 93.6 cm³/mol. The first-order valence-corrected chi connectivity index (χ1v) is 10.9. The summed E-state index contributed by atoms with van der Waals surface area (Å²) in [6, 6.07) is 0. The summed E-state index contributed by atoms with van der Waals surface area (Å²) in [4.78, 5) is 6.02. The molecule has 11 nitrogen and oxygen atoms in total. The molecule has 1 atom stereocenters. The monoisotopic (exact) mass is 416 g/mol. The SMILES string of the molecule is CCCC(CCN1CCOCC1)S(=O)(=O)On1ccnc1.O=S(=O)(O)O.[H+]. The summed E-state index contributed by atoms with van der Waals surface area (Å²) < 4.78 is 67.8. The lowest BCUT2D eigenvalue weighted by Gasteiger charge is -2.28. The molecule has 0 amide bonds. The molecule has 2 N–H and O–H groups in total. The van der Waals surface area contributed by atoms with Crippen LogP contribution in [0.3, 0.4) is 0 Å². The Balaban J connectivity index is 0.00000100. The maximum Gasteiger partial charge on any atom is 1.00 e. The van der Waals surface area contributed by atoms with E-state index in [0.29, 0.717) is 12.8 Å². The van der Waals surface area contributed by atoms with Crippen LogP contribution in [0.1, 0.15) is 27.6 Å². The highest BCUT2D eigenvalue weighted by molar-refractivity contribution is 7.87. The predicted octanol–water partition coefficient (Wildman–Crippen LogP) is -0.00780. The van der Waals surface area contributed by atoms with Crippen molar-refractivity contribution in [2.24, 2.45) is 0 Å². The van der Waals surface area contributed by atoms with Crippen molar-refractivity contribution in [3.8, 4) is 0 Å². The number of imidazole rings is 1. The zero-order valence-corrected chi connectivity index (χ0v) is 16.1. The summed E-state index contributed by atoms with van der Waals surface area (Å²) >= 11 is 0. The van der Waals surface area contributed by atoms with Crippen LogP contribution in [0.4, 0.5) is 0 Å². The molecule has 2 rings (SSSR count). The van der Waals surface area contributed by atoms with Crippen LogP contribution in [0.2, 0.25) is 0 Å². The molecule has 1 aliphatic rings. The van der Waals surface area contributed by atoms with Crippen molar-refractivity contribution >= 4 is 20.5 Å². The molecule has 0 aliphatic carbocycles. The van der Waals surface area contributed by atoms with Gasteiger partial charge in [-0.3, -0.25) is 18.3 Å². The zero-order valence-electron chi connectivity index (χ0n) is 15.5. The fourth-order valence-corrected chi connectivity index (χ4v) is 3.75. The van der Waals surface area contributed by atoms with Gasteiger partial charge >= 0.3 is 21.9 Å². The van der Waals surface area contributed by atoms with Gasteiger partial charge in [-0.15, -0.1) is 0 Å². The third-order valence-electron chi connectivity index (χ3n) is 3.56. The van der Waals surface area contributed by atoms with E-state index in [1.807, 2.05) is 6.92 Å². The quantitative estimate of drug-likeness (QED) is 0.554. The van der Waals surface area contributed by atoms with E-state index < -0.39 is 25.8 Å². The Morgan fingerprint density at radius 3 is 2.35 bits per heavy atom. The molecule has 1 aliphatic heterocycles. The third kappa shape index (κ3) is 10.0. The van der Waals surface area contributed by atoms with Crippen molar-refractivity contribution in [2.45, 2.75) is 31.4 Å². The Bertz CT molecular complexity index is 698. The van der Waals surface area contributed by atoms with Crippen molar-refractivity contribution < 1.29 is 36.4 Å². The summed E-state index contributed by atoms with van der Waals surface area (Å²) in [6.45, 7) is 5.89. The molecule has 2 heterocycles. The average molecular weight is 416 g/mol. The summed E-state index contributed by atoms with van der Waals surface area (Å²) in [5.41, 5.74) is 0. The van der Waals surface area contributed by atoms with Crippen molar-refractivity contribution in [1.82, 2.24) is 14.6 Å². The molecule has 1 fully saturated rings. The molecular formula is C13H26N3O8S2+. The zero-order chi connectivity index (χ0) is 19.6. The second kappa shape index (κ2) is 10.8. The molecule has 0 bridgehead atoms. The molecule has 1 aromatic heterocycles. The van der Waals surface area contributed by atoms with Gasteiger partial charge in [-0.25, -0.2) is 4.98 Å². The molecular weight excluding hydrogens is 390 g/mol. The first-order valence-electron chi connectivity index (χ1n) is 8.03. The second-order valence-electron chi connectivity index (χ2n) is 5.59. The molecule has 0 saturated carbocycles. The minimum atomic E-state index is -4.67. The van der Waals surface area contributed by atoms with Crippen LogP contribution < -0.4 is 4.28 Å². The Kier molecular flexibility index (Phi) is 9.46. The van der Waals surface area contributed by atoms with Crippen molar-refractivity contribution in [2.75, 3.05) is 32.8 Å². The van der Waals surface area contributed by atoms with Crippen molar-refractivity contribution in [3.05, 3.63) is 18.7 Å². The maximum atomic E-state index is 12.3. The van der Waals surface area contributed by atoms with Gasteiger partial charge in [-0.2, -0.15) is 21.6 Å². The molecule has 0 spiro atoms. The largest absolute Gasteiger partial charge is 1.00 e. The van der Waals surface area contributed by atoms with E-state index in [4.69, 9.17) is 26.5 Å². The van der Waals surface area contributed by atoms with Gasteiger partial charge in [-0.05, 0) is 19.4 Å². The highest BCUT2D eigenvalue weighted by Crippen LogP contribution is 2.14. The smallest absolute Gasteiger partial charge is 0.379 e. The molecule has 13 heteroatoms. The Hall–Kier alpha value is -1.25. The number of rotatable bonds is 8. The van der Waals surface area contributed by atoms with E-state index in [2.05, 4.69) is 9.88 Å². The van der Waals surface area contributed by atoms with Crippen LogP contribution >= 0.6 is 0 Å².